The van der Waals surface area contributed by atoms with Crippen LogP contribution in [0.5, 0.6) is 0 Å². The molecule has 0 amide bonds. The lowest BCUT2D eigenvalue weighted by atomic mass is 10.0. The van der Waals surface area contributed by atoms with Crippen LogP contribution in [0.1, 0.15) is 194 Å². The summed E-state index contributed by atoms with van der Waals surface area (Å²) >= 11 is 0.713. The number of allylic oxidation sites excluding steroid dienone is 1. The number of hydrogen-bond donors (Lipinski definition) is 3. The van der Waals surface area contributed by atoms with Gasteiger partial charge in [-0.3, -0.25) is 0 Å². The van der Waals surface area contributed by atoms with E-state index in [-0.39, 0.29) is 6.61 Å². The second-order valence-corrected chi connectivity index (χ2v) is 12.8. The van der Waals surface area contributed by atoms with Gasteiger partial charge in [-0.25, -0.2) is 4.31 Å². The number of carbonyl (C=O) groups excluding carboxylic acids is 1. The first kappa shape index (κ1) is 49.5. The van der Waals surface area contributed by atoms with E-state index >= 15 is 0 Å². The summed E-state index contributed by atoms with van der Waals surface area (Å²) in [4.78, 5) is 9.87. The molecule has 0 rings (SSSR count). The summed E-state index contributed by atoms with van der Waals surface area (Å²) in [6, 6.07) is 0. The van der Waals surface area contributed by atoms with E-state index in [0.717, 1.165) is 38.5 Å². The Morgan fingerprint density at radius 2 is 0.837 bits per heavy atom. The number of aldehydes is 1. The summed E-state index contributed by atoms with van der Waals surface area (Å²) < 4.78 is 9.58. The molecule has 0 aliphatic carbocycles. The van der Waals surface area contributed by atoms with Crippen molar-refractivity contribution < 1.29 is 14.5 Å². The molecule has 4 N–H and O–H groups in total. The van der Waals surface area contributed by atoms with E-state index in [4.69, 9.17) is 15.4 Å². The number of carbonyl (C=O) groups is 1. The molecule has 0 fully saturated rings. The largest absolute Gasteiger partial charge is 0.392 e. The van der Waals surface area contributed by atoms with Crippen LogP contribution in [0.3, 0.4) is 0 Å². The number of hydrogen-bond acceptors (Lipinski definition) is 6. The van der Waals surface area contributed by atoms with Crippen molar-refractivity contribution in [1.82, 2.24) is 4.31 Å². The standard InChI is InChI=1S/C18H38.C9H18O.C8H17NO.C2H7NOS/c1-3-5-7-9-11-13-15-17-18-16-14-12-10-8-6-4-2;1-2-3-4-5-6-7-8-9-10;9-7-5-3-1-2-4-6-8-10;1-3(2)5-4/h3-18H2,1-2H3;7-8,10H,2-6,9H2,1H3;8H,1-7,9H2;4H,1-2H3/b;8-7-;;. The molecule has 0 aliphatic heterocycles. The number of rotatable bonds is 29. The third-order valence-electron chi connectivity index (χ3n) is 7.14. The average Bonchev–Trinajstić information content (AvgIpc) is 3.02. The highest BCUT2D eigenvalue weighted by atomic mass is 32.2. The van der Waals surface area contributed by atoms with Crippen LogP contribution in [0.2, 0.25) is 0 Å². The zero-order valence-electron chi connectivity index (χ0n) is 30.0. The number of unbranched alkanes of at least 4 members (excludes halogenated alkanes) is 24. The Kier molecular flexibility index (Phi) is 62.3. The van der Waals surface area contributed by atoms with Crippen molar-refractivity contribution in [2.24, 2.45) is 5.73 Å². The second-order valence-electron chi connectivity index (χ2n) is 11.9. The summed E-state index contributed by atoms with van der Waals surface area (Å²) in [6.45, 7) is 7.79. The third kappa shape index (κ3) is 69.7. The second kappa shape index (κ2) is 54.1. The van der Waals surface area contributed by atoms with Gasteiger partial charge in [0.05, 0.1) is 18.8 Å². The minimum atomic E-state index is 0.188. The van der Waals surface area contributed by atoms with Gasteiger partial charge in [-0.15, -0.1) is 0 Å². The Balaban J connectivity index is -0.000000259. The van der Waals surface area contributed by atoms with Gasteiger partial charge in [0.25, 0.3) is 0 Å². The van der Waals surface area contributed by atoms with E-state index in [1.165, 1.54) is 148 Å². The van der Waals surface area contributed by atoms with Crippen LogP contribution in [0.15, 0.2) is 12.2 Å². The fourth-order valence-electron chi connectivity index (χ4n) is 4.41. The van der Waals surface area contributed by atoms with E-state index in [2.05, 4.69) is 26.8 Å². The number of nitrogens with zero attached hydrogens (tertiary/aromatic N) is 1. The molecule has 0 heterocycles. The number of aliphatic hydroxyl groups is 1. The van der Waals surface area contributed by atoms with Gasteiger partial charge in [0.1, 0.15) is 6.29 Å². The fourth-order valence-corrected chi connectivity index (χ4v) is 4.41. The molecular formula is C37H80N2O3S. The fraction of sp³-hybridized carbons (Fsp3) is 0.919. The topological polar surface area (TPSA) is 86.8 Å². The number of aliphatic hydroxyl groups excluding tert-OH is 1. The van der Waals surface area contributed by atoms with Gasteiger partial charge in [-0.05, 0) is 46.3 Å². The van der Waals surface area contributed by atoms with Crippen LogP contribution in [0.4, 0.5) is 0 Å². The molecule has 6 heteroatoms. The molecule has 0 spiro atoms. The average molecular weight is 633 g/mol. The Morgan fingerprint density at radius 3 is 1.14 bits per heavy atom. The van der Waals surface area contributed by atoms with Crippen LogP contribution in [0.25, 0.3) is 0 Å². The molecule has 0 aliphatic rings. The lowest BCUT2D eigenvalue weighted by Gasteiger charge is -2.03. The van der Waals surface area contributed by atoms with Crippen molar-refractivity contribution >= 4 is 18.5 Å². The Labute approximate surface area is 276 Å². The van der Waals surface area contributed by atoms with E-state index in [0.29, 0.717) is 12.2 Å². The molecule has 262 valence electrons. The van der Waals surface area contributed by atoms with Gasteiger partial charge >= 0.3 is 0 Å². The van der Waals surface area contributed by atoms with Gasteiger partial charge in [0.15, 0.2) is 0 Å². The van der Waals surface area contributed by atoms with E-state index < -0.39 is 0 Å². The molecule has 0 saturated heterocycles. The molecule has 0 aromatic heterocycles. The summed E-state index contributed by atoms with van der Waals surface area (Å²) in [7, 11) is 3.54. The van der Waals surface area contributed by atoms with Crippen molar-refractivity contribution in [3.05, 3.63) is 12.2 Å². The first-order valence-electron chi connectivity index (χ1n) is 18.4. The molecule has 0 unspecified atom stereocenters. The predicted octanol–water partition coefficient (Wildman–Crippen LogP) is 11.9. The Bertz CT molecular complexity index is 449. The van der Waals surface area contributed by atoms with E-state index in [9.17, 15) is 4.79 Å². The predicted molar refractivity (Wildman–Crippen MR) is 197 cm³/mol. The lowest BCUT2D eigenvalue weighted by Crippen LogP contribution is -1.97. The minimum absolute atomic E-state index is 0.188. The van der Waals surface area contributed by atoms with Gasteiger partial charge in [-0.1, -0.05) is 174 Å². The van der Waals surface area contributed by atoms with Crippen LogP contribution >= 0.6 is 12.2 Å². The minimum Gasteiger partial charge on any atom is -0.392 e. The monoisotopic (exact) mass is 633 g/mol. The van der Waals surface area contributed by atoms with Crippen molar-refractivity contribution in [1.29, 1.82) is 0 Å². The summed E-state index contributed by atoms with van der Waals surface area (Å²) in [5, 5.41) is 8.38. The highest BCUT2D eigenvalue weighted by molar-refractivity contribution is 7.91. The maximum atomic E-state index is 9.87. The first-order chi connectivity index (χ1) is 21.0. The molecule has 0 radical (unpaired) electrons. The van der Waals surface area contributed by atoms with Crippen molar-refractivity contribution in [2.75, 3.05) is 27.2 Å². The van der Waals surface area contributed by atoms with Gasteiger partial charge < -0.3 is 20.2 Å². The van der Waals surface area contributed by atoms with Gasteiger partial charge in [0.2, 0.25) is 0 Å². The third-order valence-corrected chi connectivity index (χ3v) is 7.47. The van der Waals surface area contributed by atoms with Gasteiger partial charge in [0, 0.05) is 6.42 Å². The zero-order chi connectivity index (χ0) is 32.9. The smallest absolute Gasteiger partial charge is 0.119 e. The van der Waals surface area contributed by atoms with Crippen LogP contribution < -0.4 is 5.73 Å². The van der Waals surface area contributed by atoms with Crippen LogP contribution in [-0.4, -0.2) is 47.5 Å². The molecule has 0 aromatic carbocycles. The molecule has 0 bridgehead atoms. The zero-order valence-corrected chi connectivity index (χ0v) is 30.8. The quantitative estimate of drug-likeness (QED) is 0.0250. The Morgan fingerprint density at radius 1 is 0.535 bits per heavy atom. The first-order valence-corrected chi connectivity index (χ1v) is 19.1. The number of nitrogens with two attached hydrogens (primary N) is 1. The Hall–Kier alpha value is -0.400. The summed E-state index contributed by atoms with van der Waals surface area (Å²) in [5.41, 5.74) is 5.31. The summed E-state index contributed by atoms with van der Waals surface area (Å²) in [6.07, 6.45) is 41.1. The van der Waals surface area contributed by atoms with Crippen molar-refractivity contribution in [3.63, 3.8) is 0 Å². The highest BCUT2D eigenvalue weighted by Gasteiger charge is 1.94. The van der Waals surface area contributed by atoms with Gasteiger partial charge in [-0.2, -0.15) is 0 Å². The molecule has 5 nitrogen and oxygen atoms in total. The maximum absolute atomic E-state index is 9.87. The molecular weight excluding hydrogens is 552 g/mol. The maximum Gasteiger partial charge on any atom is 0.119 e. The summed E-state index contributed by atoms with van der Waals surface area (Å²) in [5.74, 6) is 0. The lowest BCUT2D eigenvalue weighted by molar-refractivity contribution is -0.107. The van der Waals surface area contributed by atoms with E-state index in [1.807, 2.05) is 6.08 Å². The van der Waals surface area contributed by atoms with Crippen LogP contribution in [-0.2, 0) is 4.79 Å². The van der Waals surface area contributed by atoms with Crippen molar-refractivity contribution in [2.45, 2.75) is 194 Å². The van der Waals surface area contributed by atoms with Crippen LogP contribution in [0, 0.1) is 0 Å². The normalized spacial score (nSPS) is 10.5. The molecule has 0 atom stereocenters. The van der Waals surface area contributed by atoms with Crippen molar-refractivity contribution in [3.8, 4) is 0 Å². The molecule has 0 aromatic rings. The van der Waals surface area contributed by atoms with E-state index in [1.54, 1.807) is 18.4 Å². The molecule has 43 heavy (non-hydrogen) atoms. The SMILES string of the molecule is CCCCCC/C=C\CO.CCCCCCCCCCCCCCCCCC.CN(C)SO.NCCCCCCCC=O. The molecule has 0 saturated carbocycles. The highest BCUT2D eigenvalue weighted by Crippen LogP contribution is 2.13.